The highest BCUT2D eigenvalue weighted by atomic mass is 16.1. The molecule has 0 bridgehead atoms. The average molecular weight is 194 g/mol. The van der Waals surface area contributed by atoms with Gasteiger partial charge in [-0.1, -0.05) is 19.8 Å². The van der Waals surface area contributed by atoms with E-state index < -0.39 is 0 Å². The molecule has 1 unspecified atom stereocenters. The summed E-state index contributed by atoms with van der Waals surface area (Å²) in [4.78, 5) is 11.5. The molecule has 1 rings (SSSR count). The Morgan fingerprint density at radius 2 is 2.21 bits per heavy atom. The van der Waals surface area contributed by atoms with Gasteiger partial charge in [-0.05, 0) is 25.2 Å². The summed E-state index contributed by atoms with van der Waals surface area (Å²) >= 11 is 0. The Morgan fingerprint density at radius 3 is 2.71 bits per heavy atom. The van der Waals surface area contributed by atoms with Crippen LogP contribution in [0.3, 0.4) is 0 Å². The van der Waals surface area contributed by atoms with E-state index in [1.807, 2.05) is 6.92 Å². The van der Waals surface area contributed by atoms with Crippen molar-refractivity contribution in [2.75, 3.05) is 0 Å². The average Bonchev–Trinajstić information content (AvgIpc) is 2.66. The van der Waals surface area contributed by atoms with Gasteiger partial charge in [-0.15, -0.1) is 0 Å². The predicted molar refractivity (Wildman–Crippen MR) is 54.4 cm³/mol. The quantitative estimate of drug-likeness (QED) is 0.744. The second-order valence-electron chi connectivity index (χ2n) is 4.01. The topological polar surface area (TPSA) is 52.9 Å². The van der Waals surface area contributed by atoms with Crippen molar-refractivity contribution in [1.82, 2.24) is 5.32 Å². The van der Waals surface area contributed by atoms with Gasteiger partial charge < -0.3 is 5.32 Å². The van der Waals surface area contributed by atoms with Crippen LogP contribution >= 0.6 is 0 Å². The molecule has 1 aliphatic rings. The summed E-state index contributed by atoms with van der Waals surface area (Å²) in [5.74, 6) is 0.608. The van der Waals surface area contributed by atoms with Crippen molar-refractivity contribution in [1.29, 1.82) is 5.26 Å². The molecule has 0 radical (unpaired) electrons. The Kier molecular flexibility index (Phi) is 4.45. The number of rotatable bonds is 4. The molecule has 14 heavy (non-hydrogen) atoms. The van der Waals surface area contributed by atoms with Crippen molar-refractivity contribution in [2.45, 2.75) is 51.5 Å². The second-order valence-corrected chi connectivity index (χ2v) is 4.01. The number of carbonyl (C=O) groups is 1. The van der Waals surface area contributed by atoms with Crippen molar-refractivity contribution in [3.63, 3.8) is 0 Å². The van der Waals surface area contributed by atoms with Gasteiger partial charge in [0.05, 0.1) is 6.07 Å². The first-order valence-corrected chi connectivity index (χ1v) is 5.45. The maximum absolute atomic E-state index is 11.5. The van der Waals surface area contributed by atoms with Gasteiger partial charge in [0, 0.05) is 6.42 Å². The lowest BCUT2D eigenvalue weighted by Gasteiger charge is -2.11. The highest BCUT2D eigenvalue weighted by molar-refractivity contribution is 5.76. The van der Waals surface area contributed by atoms with E-state index in [4.69, 9.17) is 5.26 Å². The van der Waals surface area contributed by atoms with E-state index in [1.54, 1.807) is 0 Å². The summed E-state index contributed by atoms with van der Waals surface area (Å²) in [7, 11) is 0. The molecule has 1 fully saturated rings. The monoisotopic (exact) mass is 194 g/mol. The lowest BCUT2D eigenvalue weighted by molar-refractivity contribution is -0.122. The zero-order valence-corrected chi connectivity index (χ0v) is 8.75. The third-order valence-corrected chi connectivity index (χ3v) is 2.85. The van der Waals surface area contributed by atoms with Crippen LogP contribution in [-0.2, 0) is 4.79 Å². The first kappa shape index (κ1) is 11.0. The third kappa shape index (κ3) is 3.37. The molecule has 0 spiro atoms. The Labute approximate surface area is 85.5 Å². The molecule has 3 heteroatoms. The lowest BCUT2D eigenvalue weighted by atomic mass is 10.0. The Hall–Kier alpha value is -1.04. The summed E-state index contributed by atoms with van der Waals surface area (Å²) in [6.07, 6.45) is 6.17. The van der Waals surface area contributed by atoms with Gasteiger partial charge in [0.1, 0.15) is 6.04 Å². The van der Waals surface area contributed by atoms with E-state index in [2.05, 4.69) is 11.4 Å². The number of nitrogens with one attached hydrogen (secondary N) is 1. The fourth-order valence-electron chi connectivity index (χ4n) is 1.96. The minimum atomic E-state index is -0.302. The fraction of sp³-hybridized carbons (Fsp3) is 0.818. The molecule has 1 aliphatic carbocycles. The minimum Gasteiger partial charge on any atom is -0.340 e. The third-order valence-electron chi connectivity index (χ3n) is 2.85. The maximum Gasteiger partial charge on any atom is 0.221 e. The van der Waals surface area contributed by atoms with Gasteiger partial charge in [-0.25, -0.2) is 0 Å². The second kappa shape index (κ2) is 5.64. The minimum absolute atomic E-state index is 0.0466. The van der Waals surface area contributed by atoms with E-state index in [-0.39, 0.29) is 11.9 Å². The molecule has 1 amide bonds. The van der Waals surface area contributed by atoms with Crippen LogP contribution in [0.5, 0.6) is 0 Å². The number of hydrogen-bond acceptors (Lipinski definition) is 2. The van der Waals surface area contributed by atoms with Crippen molar-refractivity contribution < 1.29 is 4.79 Å². The first-order valence-electron chi connectivity index (χ1n) is 5.45. The molecule has 0 aromatic carbocycles. The fourth-order valence-corrected chi connectivity index (χ4v) is 1.96. The highest BCUT2D eigenvalue weighted by Crippen LogP contribution is 2.27. The maximum atomic E-state index is 11.5. The highest BCUT2D eigenvalue weighted by Gasteiger charge is 2.19. The number of carbonyl (C=O) groups excluding carboxylic acids is 1. The lowest BCUT2D eigenvalue weighted by Crippen LogP contribution is -2.34. The van der Waals surface area contributed by atoms with E-state index in [1.165, 1.54) is 25.7 Å². The van der Waals surface area contributed by atoms with Gasteiger partial charge in [0.15, 0.2) is 0 Å². The molecule has 1 saturated carbocycles. The predicted octanol–water partition coefficient (Wildman–Crippen LogP) is 1.99. The molecule has 1 atom stereocenters. The molecular weight excluding hydrogens is 176 g/mol. The first-order chi connectivity index (χ1) is 6.76. The molecule has 3 nitrogen and oxygen atoms in total. The summed E-state index contributed by atoms with van der Waals surface area (Å²) in [6, 6.07) is 1.77. The zero-order valence-electron chi connectivity index (χ0n) is 8.75. The zero-order chi connectivity index (χ0) is 10.4. The molecule has 1 N–H and O–H groups in total. The van der Waals surface area contributed by atoms with Crippen molar-refractivity contribution in [3.8, 4) is 6.07 Å². The Morgan fingerprint density at radius 1 is 1.57 bits per heavy atom. The van der Waals surface area contributed by atoms with E-state index in [0.29, 0.717) is 18.8 Å². The summed E-state index contributed by atoms with van der Waals surface area (Å²) in [5, 5.41) is 11.4. The molecule has 0 aromatic heterocycles. The van der Waals surface area contributed by atoms with Crippen LogP contribution in [0.25, 0.3) is 0 Å². The molecule has 0 aromatic rings. The van der Waals surface area contributed by atoms with Crippen LogP contribution in [0.2, 0.25) is 0 Å². The summed E-state index contributed by atoms with van der Waals surface area (Å²) < 4.78 is 0. The van der Waals surface area contributed by atoms with Crippen LogP contribution in [0.1, 0.15) is 45.4 Å². The molecular formula is C11H18N2O. The van der Waals surface area contributed by atoms with Crippen molar-refractivity contribution in [3.05, 3.63) is 0 Å². The molecule has 0 aliphatic heterocycles. The van der Waals surface area contributed by atoms with Crippen LogP contribution in [0, 0.1) is 17.2 Å². The number of nitrogens with zero attached hydrogens (tertiary/aromatic N) is 1. The molecule has 0 saturated heterocycles. The SMILES string of the molecule is CCC(C#N)NC(=O)CC1CCCC1. The van der Waals surface area contributed by atoms with Gasteiger partial charge >= 0.3 is 0 Å². The summed E-state index contributed by atoms with van der Waals surface area (Å²) in [5.41, 5.74) is 0. The van der Waals surface area contributed by atoms with Crippen LogP contribution in [0.15, 0.2) is 0 Å². The standard InChI is InChI=1S/C11H18N2O/c1-2-10(8-12)13-11(14)7-9-5-3-4-6-9/h9-10H,2-7H2,1H3,(H,13,14). The van der Waals surface area contributed by atoms with Crippen LogP contribution < -0.4 is 5.32 Å². The van der Waals surface area contributed by atoms with E-state index >= 15 is 0 Å². The van der Waals surface area contributed by atoms with Gasteiger partial charge in [-0.3, -0.25) is 4.79 Å². The van der Waals surface area contributed by atoms with Crippen LogP contribution in [0.4, 0.5) is 0 Å². The summed E-state index contributed by atoms with van der Waals surface area (Å²) in [6.45, 7) is 1.91. The van der Waals surface area contributed by atoms with Crippen LogP contribution in [-0.4, -0.2) is 11.9 Å². The van der Waals surface area contributed by atoms with Gasteiger partial charge in [0.2, 0.25) is 5.91 Å². The van der Waals surface area contributed by atoms with Gasteiger partial charge in [-0.2, -0.15) is 5.26 Å². The Balaban J connectivity index is 2.24. The smallest absolute Gasteiger partial charge is 0.221 e. The Bertz CT molecular complexity index is 226. The number of amides is 1. The normalized spacial score (nSPS) is 18.9. The number of nitriles is 1. The van der Waals surface area contributed by atoms with Crippen molar-refractivity contribution in [2.24, 2.45) is 5.92 Å². The van der Waals surface area contributed by atoms with Gasteiger partial charge in [0.25, 0.3) is 0 Å². The van der Waals surface area contributed by atoms with Crippen molar-refractivity contribution >= 4 is 5.91 Å². The van der Waals surface area contributed by atoms with E-state index in [0.717, 1.165) is 0 Å². The van der Waals surface area contributed by atoms with E-state index in [9.17, 15) is 4.79 Å². The number of hydrogen-bond donors (Lipinski definition) is 1. The molecule has 78 valence electrons. The largest absolute Gasteiger partial charge is 0.340 e. The molecule has 0 heterocycles.